The van der Waals surface area contributed by atoms with E-state index in [0.29, 0.717) is 17.9 Å². The fraction of sp³-hybridized carbons (Fsp3) is 0.0833. The number of amides is 2. The lowest BCUT2D eigenvalue weighted by Gasteiger charge is -2.07. The highest BCUT2D eigenvalue weighted by Gasteiger charge is 2.09. The van der Waals surface area contributed by atoms with Gasteiger partial charge in [0.05, 0.1) is 5.69 Å². The van der Waals surface area contributed by atoms with E-state index in [0.717, 1.165) is 27.4 Å². The zero-order valence-electron chi connectivity index (χ0n) is 16.8. The largest absolute Gasteiger partial charge is 0.348 e. The van der Waals surface area contributed by atoms with Crippen molar-refractivity contribution in [3.63, 3.8) is 0 Å². The zero-order valence-corrected chi connectivity index (χ0v) is 17.6. The van der Waals surface area contributed by atoms with Gasteiger partial charge in [0.15, 0.2) is 0 Å². The van der Waals surface area contributed by atoms with Crippen LogP contribution in [0.4, 0.5) is 5.82 Å². The Labute approximate surface area is 184 Å². The van der Waals surface area contributed by atoms with Gasteiger partial charge >= 0.3 is 0 Å². The molecule has 7 heteroatoms. The number of thiazole rings is 1. The zero-order chi connectivity index (χ0) is 21.6. The van der Waals surface area contributed by atoms with Crippen molar-refractivity contribution in [1.82, 2.24) is 15.3 Å². The fourth-order valence-electron chi connectivity index (χ4n) is 3.02. The van der Waals surface area contributed by atoms with Crippen molar-refractivity contribution in [2.24, 2.45) is 0 Å². The van der Waals surface area contributed by atoms with Gasteiger partial charge in [0.1, 0.15) is 10.8 Å². The Balaban J connectivity index is 1.39. The standard InChI is InChI=1S/C24H20N4O2S/c1-16(29)27-22-13-20(11-12-25-22)23(30)26-14-17-7-9-19(10-8-17)24-28-21(15-31-24)18-5-3-2-4-6-18/h2-13,15H,14H2,1H3,(H,26,30)(H,25,27,29). The summed E-state index contributed by atoms with van der Waals surface area (Å²) in [6, 6.07) is 21.2. The minimum atomic E-state index is -0.235. The van der Waals surface area contributed by atoms with E-state index < -0.39 is 0 Å². The molecule has 0 aliphatic rings. The number of pyridine rings is 1. The number of nitrogens with zero attached hydrogens (tertiary/aromatic N) is 2. The van der Waals surface area contributed by atoms with Crippen molar-refractivity contribution >= 4 is 29.0 Å². The average molecular weight is 429 g/mol. The van der Waals surface area contributed by atoms with Crippen LogP contribution in [0.2, 0.25) is 0 Å². The molecule has 0 aliphatic carbocycles. The Bertz CT molecular complexity index is 1200. The highest BCUT2D eigenvalue weighted by Crippen LogP contribution is 2.28. The quantitative estimate of drug-likeness (QED) is 0.464. The van der Waals surface area contributed by atoms with Gasteiger partial charge in [0.25, 0.3) is 5.91 Å². The Morgan fingerprint density at radius 2 is 1.74 bits per heavy atom. The molecular weight excluding hydrogens is 408 g/mol. The summed E-state index contributed by atoms with van der Waals surface area (Å²) in [5.74, 6) is -0.116. The molecule has 0 fully saturated rings. The molecule has 0 spiro atoms. The van der Waals surface area contributed by atoms with Gasteiger partial charge in [-0.1, -0.05) is 54.6 Å². The maximum atomic E-state index is 12.4. The molecule has 4 aromatic rings. The molecule has 0 atom stereocenters. The number of anilines is 1. The lowest BCUT2D eigenvalue weighted by molar-refractivity contribution is -0.114. The van der Waals surface area contributed by atoms with Crippen molar-refractivity contribution in [3.05, 3.63) is 89.4 Å². The van der Waals surface area contributed by atoms with E-state index in [1.165, 1.54) is 13.1 Å². The van der Waals surface area contributed by atoms with Gasteiger partial charge in [-0.25, -0.2) is 9.97 Å². The topological polar surface area (TPSA) is 84.0 Å². The fourth-order valence-corrected chi connectivity index (χ4v) is 3.85. The van der Waals surface area contributed by atoms with Crippen molar-refractivity contribution in [3.8, 4) is 21.8 Å². The van der Waals surface area contributed by atoms with Crippen LogP contribution in [0.25, 0.3) is 21.8 Å². The Hall–Kier alpha value is -3.84. The first-order valence-corrected chi connectivity index (χ1v) is 10.6. The molecule has 154 valence electrons. The van der Waals surface area contributed by atoms with Crippen LogP contribution in [0.1, 0.15) is 22.8 Å². The number of benzene rings is 2. The Morgan fingerprint density at radius 1 is 0.968 bits per heavy atom. The van der Waals surface area contributed by atoms with Crippen molar-refractivity contribution in [2.45, 2.75) is 13.5 Å². The molecule has 2 aromatic heterocycles. The van der Waals surface area contributed by atoms with Crippen LogP contribution >= 0.6 is 11.3 Å². The molecule has 4 rings (SSSR count). The van der Waals surface area contributed by atoms with Crippen LogP contribution in [0.3, 0.4) is 0 Å². The third kappa shape index (κ3) is 5.21. The second kappa shape index (κ2) is 9.32. The molecule has 0 saturated heterocycles. The number of hydrogen-bond acceptors (Lipinski definition) is 5. The monoisotopic (exact) mass is 428 g/mol. The van der Waals surface area contributed by atoms with Gasteiger partial charge in [-0.15, -0.1) is 11.3 Å². The molecule has 0 aliphatic heterocycles. The van der Waals surface area contributed by atoms with Gasteiger partial charge in [-0.05, 0) is 17.7 Å². The van der Waals surface area contributed by atoms with Gasteiger partial charge in [-0.3, -0.25) is 9.59 Å². The molecule has 0 unspecified atom stereocenters. The van der Waals surface area contributed by atoms with Crippen LogP contribution < -0.4 is 10.6 Å². The third-order valence-electron chi connectivity index (χ3n) is 4.55. The first kappa shape index (κ1) is 20.4. The molecule has 2 amide bonds. The van der Waals surface area contributed by atoms with Gasteiger partial charge < -0.3 is 10.6 Å². The van der Waals surface area contributed by atoms with Crippen molar-refractivity contribution in [1.29, 1.82) is 0 Å². The van der Waals surface area contributed by atoms with Gasteiger partial charge in [0.2, 0.25) is 5.91 Å². The van der Waals surface area contributed by atoms with Crippen LogP contribution in [0, 0.1) is 0 Å². The van der Waals surface area contributed by atoms with E-state index in [9.17, 15) is 9.59 Å². The number of nitrogens with one attached hydrogen (secondary N) is 2. The van der Waals surface area contributed by atoms with Crippen molar-refractivity contribution in [2.75, 3.05) is 5.32 Å². The van der Waals surface area contributed by atoms with Crippen molar-refractivity contribution < 1.29 is 9.59 Å². The van der Waals surface area contributed by atoms with Gasteiger partial charge in [-0.2, -0.15) is 0 Å². The smallest absolute Gasteiger partial charge is 0.251 e. The second-order valence-corrected chi connectivity index (χ2v) is 7.75. The van der Waals surface area contributed by atoms with E-state index in [-0.39, 0.29) is 11.8 Å². The molecular formula is C24H20N4O2S. The first-order chi connectivity index (χ1) is 15.1. The molecule has 2 aromatic carbocycles. The molecule has 6 nitrogen and oxygen atoms in total. The summed E-state index contributed by atoms with van der Waals surface area (Å²) in [5, 5.41) is 8.47. The SMILES string of the molecule is CC(=O)Nc1cc(C(=O)NCc2ccc(-c3nc(-c4ccccc4)cs3)cc2)ccn1. The summed E-state index contributed by atoms with van der Waals surface area (Å²) in [6.07, 6.45) is 1.49. The number of rotatable bonds is 6. The van der Waals surface area contributed by atoms with E-state index >= 15 is 0 Å². The van der Waals surface area contributed by atoms with E-state index in [1.54, 1.807) is 23.5 Å². The van der Waals surface area contributed by atoms with E-state index in [4.69, 9.17) is 4.98 Å². The maximum Gasteiger partial charge on any atom is 0.251 e. The molecule has 0 radical (unpaired) electrons. The molecule has 0 saturated carbocycles. The molecule has 31 heavy (non-hydrogen) atoms. The molecule has 2 heterocycles. The summed E-state index contributed by atoms with van der Waals surface area (Å²) in [6.45, 7) is 1.79. The summed E-state index contributed by atoms with van der Waals surface area (Å²) >= 11 is 1.61. The number of aromatic nitrogens is 2. The summed E-state index contributed by atoms with van der Waals surface area (Å²) < 4.78 is 0. The summed E-state index contributed by atoms with van der Waals surface area (Å²) in [4.78, 5) is 32.3. The first-order valence-electron chi connectivity index (χ1n) is 9.70. The minimum absolute atomic E-state index is 0.231. The third-order valence-corrected chi connectivity index (χ3v) is 5.45. The van der Waals surface area contributed by atoms with E-state index in [1.807, 2.05) is 54.6 Å². The van der Waals surface area contributed by atoms with E-state index in [2.05, 4.69) is 21.0 Å². The number of hydrogen-bond donors (Lipinski definition) is 2. The lowest BCUT2D eigenvalue weighted by Crippen LogP contribution is -2.23. The van der Waals surface area contributed by atoms with Crippen LogP contribution in [0.5, 0.6) is 0 Å². The van der Waals surface area contributed by atoms with Gasteiger partial charge in [0, 0.05) is 41.7 Å². The summed E-state index contributed by atoms with van der Waals surface area (Å²) in [5.41, 5.74) is 4.52. The van der Waals surface area contributed by atoms with Crippen LogP contribution in [-0.4, -0.2) is 21.8 Å². The maximum absolute atomic E-state index is 12.4. The number of carbonyl (C=O) groups excluding carboxylic acids is 2. The predicted molar refractivity (Wildman–Crippen MR) is 123 cm³/mol. The Morgan fingerprint density at radius 3 is 2.48 bits per heavy atom. The lowest BCUT2D eigenvalue weighted by atomic mass is 10.1. The second-order valence-electron chi connectivity index (χ2n) is 6.89. The molecule has 0 bridgehead atoms. The normalized spacial score (nSPS) is 10.5. The van der Waals surface area contributed by atoms with Crippen LogP contribution in [-0.2, 0) is 11.3 Å². The highest BCUT2D eigenvalue weighted by molar-refractivity contribution is 7.13. The Kier molecular flexibility index (Phi) is 6.14. The average Bonchev–Trinajstić information content (AvgIpc) is 3.28. The summed E-state index contributed by atoms with van der Waals surface area (Å²) in [7, 11) is 0. The highest BCUT2D eigenvalue weighted by atomic mass is 32.1. The minimum Gasteiger partial charge on any atom is -0.348 e. The predicted octanol–water partition coefficient (Wildman–Crippen LogP) is 4.76. The molecule has 2 N–H and O–H groups in total. The van der Waals surface area contributed by atoms with Crippen LogP contribution in [0.15, 0.2) is 78.3 Å². The number of carbonyl (C=O) groups is 2.